The van der Waals surface area contributed by atoms with Gasteiger partial charge in [-0.25, -0.2) is 0 Å². The third kappa shape index (κ3) is 3.40. The van der Waals surface area contributed by atoms with Gasteiger partial charge in [0, 0.05) is 17.7 Å². The quantitative estimate of drug-likeness (QED) is 0.731. The Morgan fingerprint density at radius 1 is 1.24 bits per heavy atom. The smallest absolute Gasteiger partial charge is 0.164 e. The molecule has 3 nitrogen and oxygen atoms in total. The van der Waals surface area contributed by atoms with Crippen molar-refractivity contribution >= 4 is 17.5 Å². The molecular weight excluding hydrogens is 236 g/mol. The van der Waals surface area contributed by atoms with E-state index in [-0.39, 0.29) is 5.78 Å². The molecule has 0 radical (unpaired) electrons. The van der Waals surface area contributed by atoms with E-state index < -0.39 is 0 Å². The number of Topliss-reactive ketones (excluding diaryl/α,β-unsaturated/α-hetero) is 1. The van der Waals surface area contributed by atoms with E-state index in [0.29, 0.717) is 17.9 Å². The van der Waals surface area contributed by atoms with Crippen molar-refractivity contribution in [3.63, 3.8) is 0 Å². The summed E-state index contributed by atoms with van der Waals surface area (Å²) in [6.07, 6.45) is 2.55. The van der Waals surface area contributed by atoms with Crippen LogP contribution in [0.1, 0.15) is 22.3 Å². The van der Waals surface area contributed by atoms with E-state index in [1.165, 1.54) is 0 Å². The molecule has 0 saturated carbocycles. The van der Waals surface area contributed by atoms with Crippen LogP contribution in [0, 0.1) is 6.92 Å². The molecule has 1 aromatic rings. The molecular formula is C13H18O3S. The van der Waals surface area contributed by atoms with Crippen molar-refractivity contribution in [3.8, 4) is 11.5 Å². The second kappa shape index (κ2) is 6.55. The first kappa shape index (κ1) is 13.9. The lowest BCUT2D eigenvalue weighted by atomic mass is 10.0. The molecule has 1 rings (SSSR count). The summed E-state index contributed by atoms with van der Waals surface area (Å²) in [4.78, 5) is 12.0. The van der Waals surface area contributed by atoms with Crippen molar-refractivity contribution in [1.82, 2.24) is 0 Å². The van der Waals surface area contributed by atoms with Gasteiger partial charge in [0.25, 0.3) is 0 Å². The standard InChI is InChI=1S/C13H18O3S/c1-9-7-12(15-2)13(16-3)8-10(9)11(14)5-6-17-4/h7-8H,5-6H2,1-4H3. The normalized spacial score (nSPS) is 10.1. The van der Waals surface area contributed by atoms with Gasteiger partial charge in [-0.05, 0) is 30.9 Å². The number of carbonyl (C=O) groups excluding carboxylic acids is 1. The molecule has 0 aliphatic carbocycles. The third-order valence-electron chi connectivity index (χ3n) is 2.56. The van der Waals surface area contributed by atoms with Crippen LogP contribution in [0.4, 0.5) is 0 Å². The van der Waals surface area contributed by atoms with Gasteiger partial charge < -0.3 is 9.47 Å². The molecule has 0 N–H and O–H groups in total. The number of hydrogen-bond donors (Lipinski definition) is 0. The van der Waals surface area contributed by atoms with Gasteiger partial charge >= 0.3 is 0 Å². The Balaban J connectivity index is 3.03. The summed E-state index contributed by atoms with van der Waals surface area (Å²) in [6.45, 7) is 1.91. The highest BCUT2D eigenvalue weighted by atomic mass is 32.2. The van der Waals surface area contributed by atoms with Crippen molar-refractivity contribution in [1.29, 1.82) is 0 Å². The summed E-state index contributed by atoms with van der Waals surface area (Å²) >= 11 is 1.67. The highest BCUT2D eigenvalue weighted by Gasteiger charge is 2.13. The van der Waals surface area contributed by atoms with Crippen LogP contribution in [0.25, 0.3) is 0 Å². The number of carbonyl (C=O) groups is 1. The number of ketones is 1. The largest absolute Gasteiger partial charge is 0.493 e. The van der Waals surface area contributed by atoms with Crippen LogP contribution >= 0.6 is 11.8 Å². The van der Waals surface area contributed by atoms with Crippen LogP contribution < -0.4 is 9.47 Å². The van der Waals surface area contributed by atoms with Crippen LogP contribution in [0.15, 0.2) is 12.1 Å². The molecule has 94 valence electrons. The van der Waals surface area contributed by atoms with Gasteiger partial charge in [0.1, 0.15) is 0 Å². The van der Waals surface area contributed by atoms with Gasteiger partial charge in [0.15, 0.2) is 17.3 Å². The maximum absolute atomic E-state index is 12.0. The summed E-state index contributed by atoms with van der Waals surface area (Å²) in [5.74, 6) is 2.25. The Bertz CT molecular complexity index is 402. The van der Waals surface area contributed by atoms with Gasteiger partial charge in [-0.15, -0.1) is 0 Å². The van der Waals surface area contributed by atoms with Crippen LogP contribution in [-0.2, 0) is 0 Å². The number of rotatable bonds is 6. The van der Waals surface area contributed by atoms with Crippen molar-refractivity contribution < 1.29 is 14.3 Å². The van der Waals surface area contributed by atoms with Crippen molar-refractivity contribution in [2.45, 2.75) is 13.3 Å². The van der Waals surface area contributed by atoms with Crippen molar-refractivity contribution in [3.05, 3.63) is 23.3 Å². The average Bonchev–Trinajstić information content (AvgIpc) is 2.35. The first-order chi connectivity index (χ1) is 8.13. The molecule has 0 aliphatic rings. The number of thioether (sulfide) groups is 1. The van der Waals surface area contributed by atoms with E-state index in [1.54, 1.807) is 32.0 Å². The summed E-state index contributed by atoms with van der Waals surface area (Å²) in [6, 6.07) is 3.60. The molecule has 17 heavy (non-hydrogen) atoms. The average molecular weight is 254 g/mol. The Kier molecular flexibility index (Phi) is 5.35. The lowest BCUT2D eigenvalue weighted by Gasteiger charge is -2.11. The summed E-state index contributed by atoms with van der Waals surface area (Å²) in [5, 5.41) is 0. The second-order valence-corrected chi connectivity index (χ2v) is 4.67. The SMILES string of the molecule is COc1cc(C)c(C(=O)CCSC)cc1OC. The molecule has 0 heterocycles. The number of aryl methyl sites for hydroxylation is 1. The van der Waals surface area contributed by atoms with Gasteiger partial charge in [-0.2, -0.15) is 11.8 Å². The Morgan fingerprint density at radius 2 is 1.82 bits per heavy atom. The Morgan fingerprint density at radius 3 is 2.35 bits per heavy atom. The summed E-state index contributed by atoms with van der Waals surface area (Å²) in [5.41, 5.74) is 1.64. The zero-order valence-electron chi connectivity index (χ0n) is 10.7. The van der Waals surface area contributed by atoms with Crippen LogP contribution in [-0.4, -0.2) is 32.0 Å². The zero-order chi connectivity index (χ0) is 12.8. The van der Waals surface area contributed by atoms with Gasteiger partial charge in [-0.3, -0.25) is 4.79 Å². The first-order valence-electron chi connectivity index (χ1n) is 5.38. The Labute approximate surface area is 106 Å². The van der Waals surface area contributed by atoms with Crippen LogP contribution in [0.3, 0.4) is 0 Å². The lowest BCUT2D eigenvalue weighted by Crippen LogP contribution is -2.04. The van der Waals surface area contributed by atoms with E-state index in [0.717, 1.165) is 16.9 Å². The molecule has 0 saturated heterocycles. The molecule has 0 aromatic heterocycles. The molecule has 0 amide bonds. The van der Waals surface area contributed by atoms with E-state index >= 15 is 0 Å². The fraction of sp³-hybridized carbons (Fsp3) is 0.462. The maximum atomic E-state index is 12.0. The Hall–Kier alpha value is -1.16. The van der Waals surface area contributed by atoms with Gasteiger partial charge in [0.05, 0.1) is 14.2 Å². The summed E-state index contributed by atoms with van der Waals surface area (Å²) in [7, 11) is 3.16. The summed E-state index contributed by atoms with van der Waals surface area (Å²) < 4.78 is 10.4. The zero-order valence-corrected chi connectivity index (χ0v) is 11.5. The molecule has 0 spiro atoms. The van der Waals surface area contributed by atoms with Crippen LogP contribution in [0.2, 0.25) is 0 Å². The molecule has 0 atom stereocenters. The highest BCUT2D eigenvalue weighted by Crippen LogP contribution is 2.30. The predicted octanol–water partition coefficient (Wildman–Crippen LogP) is 2.95. The highest BCUT2D eigenvalue weighted by molar-refractivity contribution is 7.98. The third-order valence-corrected chi connectivity index (χ3v) is 3.18. The molecule has 0 unspecified atom stereocenters. The molecule has 0 aliphatic heterocycles. The number of methoxy groups -OCH3 is 2. The minimum absolute atomic E-state index is 0.151. The fourth-order valence-corrected chi connectivity index (χ4v) is 2.00. The van der Waals surface area contributed by atoms with E-state index in [2.05, 4.69) is 0 Å². The predicted molar refractivity (Wildman–Crippen MR) is 71.6 cm³/mol. The molecule has 0 bridgehead atoms. The van der Waals surface area contributed by atoms with E-state index in [1.807, 2.05) is 19.2 Å². The molecule has 0 fully saturated rings. The van der Waals surface area contributed by atoms with Crippen molar-refractivity contribution in [2.75, 3.05) is 26.2 Å². The van der Waals surface area contributed by atoms with Crippen LogP contribution in [0.5, 0.6) is 11.5 Å². The monoisotopic (exact) mass is 254 g/mol. The minimum Gasteiger partial charge on any atom is -0.493 e. The second-order valence-electron chi connectivity index (χ2n) is 3.69. The van der Waals surface area contributed by atoms with E-state index in [4.69, 9.17) is 9.47 Å². The number of ether oxygens (including phenoxy) is 2. The van der Waals surface area contributed by atoms with Gasteiger partial charge in [0.2, 0.25) is 0 Å². The fourth-order valence-electron chi connectivity index (χ4n) is 1.61. The van der Waals surface area contributed by atoms with Gasteiger partial charge in [-0.1, -0.05) is 0 Å². The molecule has 4 heteroatoms. The van der Waals surface area contributed by atoms with E-state index in [9.17, 15) is 4.79 Å². The lowest BCUT2D eigenvalue weighted by molar-refractivity contribution is 0.0988. The number of benzene rings is 1. The molecule has 1 aromatic carbocycles. The maximum Gasteiger partial charge on any atom is 0.164 e. The topological polar surface area (TPSA) is 35.5 Å². The minimum atomic E-state index is 0.151. The first-order valence-corrected chi connectivity index (χ1v) is 6.78. The van der Waals surface area contributed by atoms with Crippen molar-refractivity contribution in [2.24, 2.45) is 0 Å². The number of hydrogen-bond acceptors (Lipinski definition) is 4.